The van der Waals surface area contributed by atoms with Crippen molar-refractivity contribution in [2.24, 2.45) is 5.92 Å². The third-order valence-electron chi connectivity index (χ3n) is 4.64. The fourth-order valence-corrected chi connectivity index (χ4v) is 2.95. The van der Waals surface area contributed by atoms with Gasteiger partial charge in [0.2, 0.25) is 5.91 Å². The Labute approximate surface area is 181 Å². The number of nitriles is 1. The van der Waals surface area contributed by atoms with Crippen molar-refractivity contribution in [3.05, 3.63) is 66.4 Å². The van der Waals surface area contributed by atoms with Gasteiger partial charge >= 0.3 is 0 Å². The second-order valence-electron chi connectivity index (χ2n) is 6.89. The number of hydrogen-bond donors (Lipinski definition) is 1. The Morgan fingerprint density at radius 1 is 1.19 bits per heavy atom. The van der Waals surface area contributed by atoms with Crippen LogP contribution in [0.3, 0.4) is 0 Å². The highest BCUT2D eigenvalue weighted by Crippen LogP contribution is 2.33. The van der Waals surface area contributed by atoms with E-state index in [9.17, 15) is 4.79 Å². The number of para-hydroxylation sites is 1. The van der Waals surface area contributed by atoms with E-state index in [0.29, 0.717) is 23.7 Å². The van der Waals surface area contributed by atoms with Crippen LogP contribution in [0, 0.1) is 17.2 Å². The van der Waals surface area contributed by atoms with Gasteiger partial charge in [-0.1, -0.05) is 18.2 Å². The van der Waals surface area contributed by atoms with Crippen LogP contribution in [0.4, 0.5) is 0 Å². The number of aromatic nitrogens is 2. The first-order valence-electron chi connectivity index (χ1n) is 9.78. The van der Waals surface area contributed by atoms with Gasteiger partial charge in [0.1, 0.15) is 5.69 Å². The molecule has 0 fully saturated rings. The number of carbonyl (C=O) groups excluding carboxylic acids is 1. The molecule has 0 radical (unpaired) electrons. The summed E-state index contributed by atoms with van der Waals surface area (Å²) >= 11 is 0. The lowest BCUT2D eigenvalue weighted by Crippen LogP contribution is -2.25. The van der Waals surface area contributed by atoms with Crippen LogP contribution in [0.2, 0.25) is 0 Å². The van der Waals surface area contributed by atoms with Crippen LogP contribution >= 0.6 is 0 Å². The molecule has 1 unspecified atom stereocenters. The van der Waals surface area contributed by atoms with Gasteiger partial charge in [-0.25, -0.2) is 4.68 Å². The van der Waals surface area contributed by atoms with Crippen molar-refractivity contribution in [1.29, 1.82) is 5.26 Å². The van der Waals surface area contributed by atoms with Crippen molar-refractivity contribution < 1.29 is 14.3 Å². The highest BCUT2D eigenvalue weighted by atomic mass is 16.5. The minimum Gasteiger partial charge on any atom is -0.493 e. The van der Waals surface area contributed by atoms with Crippen LogP contribution in [0.15, 0.2) is 60.8 Å². The van der Waals surface area contributed by atoms with Gasteiger partial charge in [-0.2, -0.15) is 10.4 Å². The standard InChI is InChI=1S/C24H24N4O3/c1-17(14-25)15-26-23(29)12-10-19-16-28(20-7-5-4-6-8-20)27-24(19)18-9-11-21(30-2)22(13-18)31-3/h4-13,16-17H,15H2,1-3H3,(H,26,29). The van der Waals surface area contributed by atoms with Crippen molar-refractivity contribution >= 4 is 12.0 Å². The maximum atomic E-state index is 12.2. The molecule has 2 aromatic carbocycles. The third-order valence-corrected chi connectivity index (χ3v) is 4.64. The molecule has 0 aliphatic rings. The summed E-state index contributed by atoms with van der Waals surface area (Å²) in [6.07, 6.45) is 5.02. The number of nitrogens with one attached hydrogen (secondary N) is 1. The molecule has 0 aliphatic carbocycles. The van der Waals surface area contributed by atoms with Crippen molar-refractivity contribution in [1.82, 2.24) is 15.1 Å². The largest absolute Gasteiger partial charge is 0.493 e. The number of nitrogens with zero attached hydrogens (tertiary/aromatic N) is 3. The number of methoxy groups -OCH3 is 2. The highest BCUT2D eigenvalue weighted by Gasteiger charge is 2.14. The number of carbonyl (C=O) groups is 1. The van der Waals surface area contributed by atoms with Crippen molar-refractivity contribution in [3.63, 3.8) is 0 Å². The van der Waals surface area contributed by atoms with E-state index in [1.54, 1.807) is 31.9 Å². The Kier molecular flexibility index (Phi) is 7.07. The predicted molar refractivity (Wildman–Crippen MR) is 119 cm³/mol. The normalized spacial score (nSPS) is 11.7. The van der Waals surface area contributed by atoms with Crippen molar-refractivity contribution in [2.45, 2.75) is 6.92 Å². The van der Waals surface area contributed by atoms with E-state index >= 15 is 0 Å². The summed E-state index contributed by atoms with van der Waals surface area (Å²) in [6, 6.07) is 17.4. The van der Waals surface area contributed by atoms with E-state index in [1.807, 2.05) is 54.7 Å². The van der Waals surface area contributed by atoms with Gasteiger partial charge < -0.3 is 14.8 Å². The Morgan fingerprint density at radius 2 is 1.94 bits per heavy atom. The van der Waals surface area contributed by atoms with Gasteiger partial charge in [-0.15, -0.1) is 0 Å². The Morgan fingerprint density at radius 3 is 2.61 bits per heavy atom. The predicted octanol–water partition coefficient (Wildman–Crippen LogP) is 3.85. The van der Waals surface area contributed by atoms with Gasteiger partial charge in [0.15, 0.2) is 11.5 Å². The quantitative estimate of drug-likeness (QED) is 0.564. The van der Waals surface area contributed by atoms with E-state index in [1.165, 1.54) is 6.08 Å². The zero-order valence-corrected chi connectivity index (χ0v) is 17.7. The molecule has 3 rings (SSSR count). The minimum atomic E-state index is -0.271. The second-order valence-corrected chi connectivity index (χ2v) is 6.89. The van der Waals surface area contributed by atoms with Crippen LogP contribution in [0.5, 0.6) is 11.5 Å². The molecule has 0 spiro atoms. The molecule has 0 aliphatic heterocycles. The number of rotatable bonds is 8. The summed E-state index contributed by atoms with van der Waals surface area (Å²) < 4.78 is 12.5. The first kappa shape index (κ1) is 21.7. The Hall–Kier alpha value is -4.05. The monoisotopic (exact) mass is 416 g/mol. The van der Waals surface area contributed by atoms with Gasteiger partial charge in [0.25, 0.3) is 0 Å². The lowest BCUT2D eigenvalue weighted by molar-refractivity contribution is -0.116. The fraction of sp³-hybridized carbons (Fsp3) is 0.208. The highest BCUT2D eigenvalue weighted by molar-refractivity contribution is 5.92. The molecule has 158 valence electrons. The first-order valence-corrected chi connectivity index (χ1v) is 9.78. The summed E-state index contributed by atoms with van der Waals surface area (Å²) in [5.74, 6) is 0.692. The molecule has 7 heteroatoms. The van der Waals surface area contributed by atoms with Crippen molar-refractivity contribution in [3.8, 4) is 34.5 Å². The topological polar surface area (TPSA) is 89.2 Å². The lowest BCUT2D eigenvalue weighted by atomic mass is 10.1. The Bertz CT molecular complexity index is 1110. The average molecular weight is 416 g/mol. The lowest BCUT2D eigenvalue weighted by Gasteiger charge is -2.09. The van der Waals surface area contributed by atoms with E-state index in [2.05, 4.69) is 11.4 Å². The van der Waals surface area contributed by atoms with E-state index < -0.39 is 0 Å². The van der Waals surface area contributed by atoms with Crippen LogP contribution in [-0.4, -0.2) is 36.5 Å². The van der Waals surface area contributed by atoms with Gasteiger partial charge in [0.05, 0.1) is 31.9 Å². The zero-order valence-electron chi connectivity index (χ0n) is 17.7. The molecule has 0 saturated carbocycles. The molecular formula is C24H24N4O3. The molecule has 1 aromatic heterocycles. The number of hydrogen-bond acceptors (Lipinski definition) is 5. The maximum Gasteiger partial charge on any atom is 0.244 e. The van der Waals surface area contributed by atoms with E-state index in [4.69, 9.17) is 19.8 Å². The molecule has 0 saturated heterocycles. The third kappa shape index (κ3) is 5.31. The van der Waals surface area contributed by atoms with E-state index in [-0.39, 0.29) is 11.8 Å². The number of ether oxygens (including phenoxy) is 2. The molecular weight excluding hydrogens is 392 g/mol. The molecule has 1 N–H and O–H groups in total. The summed E-state index contributed by atoms with van der Waals surface area (Å²) in [7, 11) is 3.17. The fourth-order valence-electron chi connectivity index (χ4n) is 2.95. The number of benzene rings is 2. The maximum absolute atomic E-state index is 12.2. The SMILES string of the molecule is COc1ccc(-c2nn(-c3ccccc3)cc2C=CC(=O)NCC(C)C#N)cc1OC. The molecule has 1 heterocycles. The molecule has 1 atom stereocenters. The molecule has 3 aromatic rings. The average Bonchev–Trinajstić information content (AvgIpc) is 3.25. The first-order chi connectivity index (χ1) is 15.0. The zero-order chi connectivity index (χ0) is 22.2. The van der Waals surface area contributed by atoms with E-state index in [0.717, 1.165) is 16.8 Å². The summed E-state index contributed by atoms with van der Waals surface area (Å²) in [5, 5.41) is 16.3. The van der Waals surface area contributed by atoms with Gasteiger partial charge in [-0.05, 0) is 43.3 Å². The smallest absolute Gasteiger partial charge is 0.244 e. The second kappa shape index (κ2) is 10.1. The van der Waals surface area contributed by atoms with Crippen LogP contribution in [-0.2, 0) is 4.79 Å². The summed E-state index contributed by atoms with van der Waals surface area (Å²) in [5.41, 5.74) is 3.18. The van der Waals surface area contributed by atoms with Crippen LogP contribution in [0.25, 0.3) is 23.0 Å². The van der Waals surface area contributed by atoms with Crippen LogP contribution in [0.1, 0.15) is 12.5 Å². The molecule has 31 heavy (non-hydrogen) atoms. The van der Waals surface area contributed by atoms with Gasteiger partial charge in [-0.3, -0.25) is 4.79 Å². The molecule has 1 amide bonds. The molecule has 0 bridgehead atoms. The van der Waals surface area contributed by atoms with Crippen LogP contribution < -0.4 is 14.8 Å². The number of amides is 1. The minimum absolute atomic E-state index is 0.250. The summed E-state index contributed by atoms with van der Waals surface area (Å²) in [6.45, 7) is 2.05. The molecule has 7 nitrogen and oxygen atoms in total. The van der Waals surface area contributed by atoms with Crippen molar-refractivity contribution in [2.75, 3.05) is 20.8 Å². The Balaban J connectivity index is 1.98. The van der Waals surface area contributed by atoms with Gasteiger partial charge in [0, 0.05) is 29.9 Å². The summed E-state index contributed by atoms with van der Waals surface area (Å²) in [4.78, 5) is 12.2.